The molecule has 4 bridgehead atoms. The molecule has 1 aliphatic carbocycles. The molecule has 1 saturated heterocycles. The van der Waals surface area contributed by atoms with Crippen molar-refractivity contribution in [3.8, 4) is 0 Å². The van der Waals surface area contributed by atoms with E-state index in [1.807, 2.05) is 7.11 Å². The lowest BCUT2D eigenvalue weighted by Crippen LogP contribution is -2.68. The molecule has 0 radical (unpaired) electrons. The number of hydrogen-bond donors (Lipinski definition) is 0. The zero-order valence-electron chi connectivity index (χ0n) is 16.4. The van der Waals surface area contributed by atoms with E-state index in [2.05, 4.69) is 39.8 Å². The minimum atomic E-state index is -0.201. The Morgan fingerprint density at radius 3 is 3.04 bits per heavy atom. The highest BCUT2D eigenvalue weighted by Gasteiger charge is 2.74. The van der Waals surface area contributed by atoms with Crippen LogP contribution in [0.1, 0.15) is 31.7 Å². The summed E-state index contributed by atoms with van der Waals surface area (Å²) in [4.78, 5) is 13.9. The number of nitrogens with zero attached hydrogens (tertiary/aromatic N) is 2. The molecule has 0 saturated carbocycles. The number of benzene rings is 1. The lowest BCUT2D eigenvalue weighted by molar-refractivity contribution is -0.452. The number of hydrogen-bond acceptors (Lipinski definition) is 4. The maximum atomic E-state index is 11.3. The minimum Gasteiger partial charge on any atom is -0.466 e. The topological polar surface area (TPSA) is 41.8 Å². The van der Waals surface area contributed by atoms with Gasteiger partial charge in [-0.05, 0) is 24.8 Å². The van der Waals surface area contributed by atoms with Gasteiger partial charge in [-0.25, -0.2) is 0 Å². The van der Waals surface area contributed by atoms with E-state index in [1.165, 1.54) is 35.0 Å². The lowest BCUT2D eigenvalue weighted by atomic mass is 9.58. The summed E-state index contributed by atoms with van der Waals surface area (Å²) >= 11 is 0. The van der Waals surface area contributed by atoms with Crippen LogP contribution in [0.25, 0.3) is 5.57 Å². The molecule has 1 spiro atoms. The number of rotatable bonds is 3. The van der Waals surface area contributed by atoms with Gasteiger partial charge in [-0.1, -0.05) is 23.8 Å². The first-order chi connectivity index (χ1) is 13.6. The van der Waals surface area contributed by atoms with Crippen LogP contribution >= 0.6 is 0 Å². The van der Waals surface area contributed by atoms with Crippen molar-refractivity contribution < 1.29 is 18.8 Å². The minimum absolute atomic E-state index is 0.0528. The van der Waals surface area contributed by atoms with Gasteiger partial charge in [0.15, 0.2) is 5.41 Å². The molecule has 0 N–H and O–H groups in total. The van der Waals surface area contributed by atoms with Crippen LogP contribution in [0.3, 0.4) is 0 Å². The molecule has 4 unspecified atom stereocenters. The summed E-state index contributed by atoms with van der Waals surface area (Å²) in [7, 11) is 1.82. The standard InChI is InChI=1S/C23H25N2O3/c1-14(26)28-10-8-16-11-15-12-23-20(16)24(13-15)9-7-18-17-5-3-4-6-19(17)25(21(18)23)22(23)27-2/h3-6,11,15,20H,7-10,12-13H2,1-2H3/q+1. The highest BCUT2D eigenvalue weighted by molar-refractivity contribution is 5.98. The van der Waals surface area contributed by atoms with Crippen molar-refractivity contribution in [1.82, 2.24) is 4.90 Å². The molecule has 144 valence electrons. The van der Waals surface area contributed by atoms with Crippen molar-refractivity contribution in [1.29, 1.82) is 0 Å². The van der Waals surface area contributed by atoms with Gasteiger partial charge in [0.2, 0.25) is 11.4 Å². The molecule has 0 amide bonds. The summed E-state index contributed by atoms with van der Waals surface area (Å²) in [6.45, 7) is 4.15. The second-order valence-corrected chi connectivity index (χ2v) is 8.60. The van der Waals surface area contributed by atoms with Crippen molar-refractivity contribution in [2.75, 3.05) is 26.8 Å². The number of carbonyl (C=O) groups excluding carboxylic acids is 1. The Morgan fingerprint density at radius 2 is 2.21 bits per heavy atom. The predicted octanol–water partition coefficient (Wildman–Crippen LogP) is 3.09. The molecule has 6 aliphatic rings. The fraction of sp³-hybridized carbons (Fsp3) is 0.478. The first-order valence-corrected chi connectivity index (χ1v) is 10.3. The quantitative estimate of drug-likeness (QED) is 0.461. The third-order valence-electron chi connectivity index (χ3n) is 7.21. The van der Waals surface area contributed by atoms with Crippen LogP contribution in [-0.4, -0.2) is 54.2 Å². The van der Waals surface area contributed by atoms with Crippen LogP contribution in [0, 0.1) is 11.3 Å². The second-order valence-electron chi connectivity index (χ2n) is 8.60. The van der Waals surface area contributed by atoms with Crippen LogP contribution < -0.4 is 0 Å². The largest absolute Gasteiger partial charge is 0.466 e. The average Bonchev–Trinajstić information content (AvgIpc) is 2.94. The van der Waals surface area contributed by atoms with E-state index >= 15 is 0 Å². The van der Waals surface area contributed by atoms with Gasteiger partial charge >= 0.3 is 11.9 Å². The fourth-order valence-corrected chi connectivity index (χ4v) is 6.56. The number of ether oxygens (including phenoxy) is 2. The number of piperidine rings is 1. The Morgan fingerprint density at radius 1 is 1.36 bits per heavy atom. The van der Waals surface area contributed by atoms with Crippen LogP contribution in [0.5, 0.6) is 0 Å². The number of carbonyl (C=O) groups is 1. The van der Waals surface area contributed by atoms with Gasteiger partial charge in [0.05, 0.1) is 25.3 Å². The Kier molecular flexibility index (Phi) is 3.29. The molecule has 5 heterocycles. The van der Waals surface area contributed by atoms with E-state index in [0.717, 1.165) is 38.2 Å². The van der Waals surface area contributed by atoms with Gasteiger partial charge < -0.3 is 9.47 Å². The summed E-state index contributed by atoms with van der Waals surface area (Å²) in [5, 5.41) is 0. The third kappa shape index (κ3) is 1.86. The van der Waals surface area contributed by atoms with Gasteiger partial charge in [0.25, 0.3) is 0 Å². The molecular weight excluding hydrogens is 352 g/mol. The molecule has 5 nitrogen and oxygen atoms in total. The number of methoxy groups -OCH3 is 1. The Bertz CT molecular complexity index is 1000. The average molecular weight is 377 g/mol. The zero-order chi connectivity index (χ0) is 19.0. The zero-order valence-corrected chi connectivity index (χ0v) is 16.4. The van der Waals surface area contributed by atoms with E-state index in [-0.39, 0.29) is 11.4 Å². The normalized spacial score (nSPS) is 33.6. The molecule has 0 aromatic heterocycles. The lowest BCUT2D eigenvalue weighted by Gasteiger charge is -2.55. The fourth-order valence-electron chi connectivity index (χ4n) is 6.56. The van der Waals surface area contributed by atoms with Crippen LogP contribution in [0.2, 0.25) is 0 Å². The smallest absolute Gasteiger partial charge is 0.367 e. The predicted molar refractivity (Wildman–Crippen MR) is 105 cm³/mol. The molecule has 28 heavy (non-hydrogen) atoms. The van der Waals surface area contributed by atoms with Crippen LogP contribution in [0.4, 0.5) is 5.69 Å². The first kappa shape index (κ1) is 16.5. The monoisotopic (exact) mass is 377 g/mol. The number of fused-ring (bicyclic) bond motifs is 3. The third-order valence-corrected chi connectivity index (χ3v) is 7.21. The van der Waals surface area contributed by atoms with E-state index in [0.29, 0.717) is 18.6 Å². The van der Waals surface area contributed by atoms with Gasteiger partial charge in [-0.2, -0.15) is 0 Å². The summed E-state index contributed by atoms with van der Waals surface area (Å²) in [5.74, 6) is 1.43. The van der Waals surface area contributed by atoms with Crippen molar-refractivity contribution in [2.45, 2.75) is 32.2 Å². The molecule has 5 aliphatic heterocycles. The van der Waals surface area contributed by atoms with Crippen molar-refractivity contribution in [2.24, 2.45) is 11.3 Å². The Labute approximate surface area is 164 Å². The van der Waals surface area contributed by atoms with Gasteiger partial charge in [-0.15, -0.1) is 4.58 Å². The van der Waals surface area contributed by atoms with E-state index in [4.69, 9.17) is 9.47 Å². The molecule has 1 fully saturated rings. The molecule has 7 rings (SSSR count). The van der Waals surface area contributed by atoms with Crippen LogP contribution in [-0.2, 0) is 14.3 Å². The highest BCUT2D eigenvalue weighted by Crippen LogP contribution is 2.64. The van der Waals surface area contributed by atoms with Gasteiger partial charge in [0.1, 0.15) is 0 Å². The first-order valence-electron chi connectivity index (χ1n) is 10.3. The van der Waals surface area contributed by atoms with Crippen molar-refractivity contribution >= 4 is 23.1 Å². The Hall–Kier alpha value is -2.40. The molecule has 4 atom stereocenters. The summed E-state index contributed by atoms with van der Waals surface area (Å²) < 4.78 is 13.7. The summed E-state index contributed by atoms with van der Waals surface area (Å²) in [6, 6.07) is 9.06. The van der Waals surface area contributed by atoms with E-state index < -0.39 is 0 Å². The summed E-state index contributed by atoms with van der Waals surface area (Å²) in [5.41, 5.74) is 6.99. The Balaban J connectivity index is 1.49. The maximum absolute atomic E-state index is 11.3. The SMILES string of the molecule is COC1=[N+]2C3=C(CCN4CC5C=C(CCOC(C)=O)C4C31C5)c1ccccc12. The second kappa shape index (κ2) is 5.57. The number of para-hydroxylation sites is 1. The van der Waals surface area contributed by atoms with Gasteiger partial charge in [0, 0.05) is 38.1 Å². The van der Waals surface area contributed by atoms with Gasteiger partial charge in [-0.3, -0.25) is 9.69 Å². The van der Waals surface area contributed by atoms with Crippen molar-refractivity contribution in [3.05, 3.63) is 47.2 Å². The molecule has 5 heteroatoms. The highest BCUT2D eigenvalue weighted by atomic mass is 16.5. The van der Waals surface area contributed by atoms with E-state index in [1.54, 1.807) is 0 Å². The number of esters is 1. The maximum Gasteiger partial charge on any atom is 0.367 e. The van der Waals surface area contributed by atoms with E-state index in [9.17, 15) is 4.79 Å². The van der Waals surface area contributed by atoms with Crippen LogP contribution in [0.15, 0.2) is 41.6 Å². The molecule has 1 aromatic carbocycles. The molecule has 1 aromatic rings. The summed E-state index contributed by atoms with van der Waals surface area (Å²) in [6.07, 6.45) is 5.48. The molecular formula is C23H25N2O3+. The van der Waals surface area contributed by atoms with Crippen molar-refractivity contribution in [3.63, 3.8) is 0 Å².